The van der Waals surface area contributed by atoms with Gasteiger partial charge in [0.2, 0.25) is 0 Å². The molecule has 0 bridgehead atoms. The number of carbonyl (C=O) groups is 1. The van der Waals surface area contributed by atoms with Crippen LogP contribution in [-0.2, 0) is 16.0 Å². The normalized spacial score (nSPS) is 16.2. The van der Waals surface area contributed by atoms with E-state index < -0.39 is 0 Å². The Morgan fingerprint density at radius 3 is 2.67 bits per heavy atom. The number of anilines is 1. The summed E-state index contributed by atoms with van der Waals surface area (Å²) in [5, 5.41) is 3.24. The third-order valence-corrected chi connectivity index (χ3v) is 3.80. The van der Waals surface area contributed by atoms with Gasteiger partial charge in [-0.2, -0.15) is 0 Å². The summed E-state index contributed by atoms with van der Waals surface area (Å²) in [5.74, 6) is -0.673. The number of esters is 1. The molecule has 0 saturated heterocycles. The van der Waals surface area contributed by atoms with Crippen molar-refractivity contribution >= 4 is 11.7 Å². The van der Waals surface area contributed by atoms with Gasteiger partial charge in [0.1, 0.15) is 11.7 Å². The third kappa shape index (κ3) is 2.75. The maximum atomic E-state index is 12.9. The van der Waals surface area contributed by atoms with Crippen molar-refractivity contribution in [2.24, 2.45) is 0 Å². The fraction of sp³-hybridized carbons (Fsp3) is 0.235. The van der Waals surface area contributed by atoms with Crippen LogP contribution >= 0.6 is 0 Å². The fourth-order valence-corrected chi connectivity index (χ4v) is 2.68. The summed E-state index contributed by atoms with van der Waals surface area (Å²) in [5.41, 5.74) is 4.13. The molecular formula is C17H16FNO2. The number of ether oxygens (including phenoxy) is 1. The molecule has 4 heteroatoms. The number of hydrogen-bond acceptors (Lipinski definition) is 3. The zero-order chi connectivity index (χ0) is 14.8. The smallest absolute Gasteiger partial charge is 0.315 e. The molecule has 0 fully saturated rings. The molecule has 2 aromatic carbocycles. The van der Waals surface area contributed by atoms with Crippen LogP contribution < -0.4 is 5.32 Å². The predicted molar refractivity (Wildman–Crippen MR) is 78.9 cm³/mol. The van der Waals surface area contributed by atoms with Crippen LogP contribution in [0.1, 0.15) is 22.6 Å². The van der Waals surface area contributed by atoms with E-state index in [1.54, 1.807) is 12.1 Å². The quantitative estimate of drug-likeness (QED) is 0.881. The van der Waals surface area contributed by atoms with Gasteiger partial charge in [-0.3, -0.25) is 4.79 Å². The standard InChI is InChI=1S/C17H16FNO2/c1-21-17(20)15-10-19-16-9-12(4-7-14(15)16)8-11-2-5-13(18)6-3-11/h2-7,9,15,19H,8,10H2,1H3. The molecule has 1 aliphatic heterocycles. The maximum absolute atomic E-state index is 12.9. The van der Waals surface area contributed by atoms with Gasteiger partial charge in [0.15, 0.2) is 0 Å². The number of nitrogens with one attached hydrogen (secondary N) is 1. The van der Waals surface area contributed by atoms with Crippen molar-refractivity contribution in [1.29, 1.82) is 0 Å². The molecular weight excluding hydrogens is 269 g/mol. The molecule has 2 aromatic rings. The number of halogens is 1. The highest BCUT2D eigenvalue weighted by atomic mass is 19.1. The van der Waals surface area contributed by atoms with Crippen LogP contribution in [0, 0.1) is 5.82 Å². The van der Waals surface area contributed by atoms with E-state index in [1.807, 2.05) is 18.2 Å². The van der Waals surface area contributed by atoms with Gasteiger partial charge in [0.25, 0.3) is 0 Å². The molecule has 1 N–H and O–H groups in total. The molecule has 0 aromatic heterocycles. The van der Waals surface area contributed by atoms with Gasteiger partial charge in [0, 0.05) is 12.2 Å². The van der Waals surface area contributed by atoms with Crippen LogP contribution in [0.5, 0.6) is 0 Å². The van der Waals surface area contributed by atoms with Gasteiger partial charge < -0.3 is 10.1 Å². The summed E-state index contributed by atoms with van der Waals surface area (Å²) in [6, 6.07) is 12.5. The van der Waals surface area contributed by atoms with Crippen molar-refractivity contribution in [2.45, 2.75) is 12.3 Å². The Balaban J connectivity index is 1.81. The zero-order valence-corrected chi connectivity index (χ0v) is 11.7. The lowest BCUT2D eigenvalue weighted by atomic mass is 9.97. The molecule has 3 rings (SSSR count). The van der Waals surface area contributed by atoms with Gasteiger partial charge in [-0.1, -0.05) is 24.3 Å². The molecule has 0 amide bonds. The van der Waals surface area contributed by atoms with Crippen LogP contribution in [-0.4, -0.2) is 19.6 Å². The van der Waals surface area contributed by atoms with Crippen molar-refractivity contribution < 1.29 is 13.9 Å². The highest BCUT2D eigenvalue weighted by Crippen LogP contribution is 2.33. The molecule has 1 heterocycles. The van der Waals surface area contributed by atoms with Gasteiger partial charge >= 0.3 is 5.97 Å². The average molecular weight is 285 g/mol. The average Bonchev–Trinajstić information content (AvgIpc) is 2.92. The number of rotatable bonds is 3. The van der Waals surface area contributed by atoms with Gasteiger partial charge in [-0.25, -0.2) is 4.39 Å². The van der Waals surface area contributed by atoms with Gasteiger partial charge in [-0.05, 0) is 41.3 Å². The summed E-state index contributed by atoms with van der Waals surface area (Å²) < 4.78 is 17.7. The first-order valence-electron chi connectivity index (χ1n) is 6.86. The van der Waals surface area contributed by atoms with E-state index in [0.29, 0.717) is 6.54 Å². The lowest BCUT2D eigenvalue weighted by Gasteiger charge is -2.08. The predicted octanol–water partition coefficient (Wildman–Crippen LogP) is 3.10. The van der Waals surface area contributed by atoms with Crippen molar-refractivity contribution in [1.82, 2.24) is 0 Å². The zero-order valence-electron chi connectivity index (χ0n) is 11.7. The molecule has 1 aliphatic rings. The molecule has 0 radical (unpaired) electrons. The fourth-order valence-electron chi connectivity index (χ4n) is 2.68. The maximum Gasteiger partial charge on any atom is 0.315 e. The Morgan fingerprint density at radius 1 is 1.24 bits per heavy atom. The summed E-state index contributed by atoms with van der Waals surface area (Å²) >= 11 is 0. The number of benzene rings is 2. The van der Waals surface area contributed by atoms with Crippen LogP contribution in [0.4, 0.5) is 10.1 Å². The van der Waals surface area contributed by atoms with Crippen molar-refractivity contribution in [3.63, 3.8) is 0 Å². The molecule has 1 unspecified atom stereocenters. The minimum Gasteiger partial charge on any atom is -0.468 e. The second kappa shape index (κ2) is 5.56. The van der Waals surface area contributed by atoms with Crippen LogP contribution in [0.3, 0.4) is 0 Å². The van der Waals surface area contributed by atoms with E-state index in [2.05, 4.69) is 5.32 Å². The van der Waals surface area contributed by atoms with Crippen LogP contribution in [0.25, 0.3) is 0 Å². The summed E-state index contributed by atoms with van der Waals surface area (Å²) in [6.45, 7) is 0.571. The molecule has 108 valence electrons. The van der Waals surface area contributed by atoms with E-state index in [0.717, 1.165) is 28.8 Å². The summed E-state index contributed by atoms with van der Waals surface area (Å²) in [6.07, 6.45) is 0.734. The van der Waals surface area contributed by atoms with Crippen LogP contribution in [0.15, 0.2) is 42.5 Å². The van der Waals surface area contributed by atoms with E-state index in [9.17, 15) is 9.18 Å². The van der Waals surface area contributed by atoms with E-state index >= 15 is 0 Å². The van der Waals surface area contributed by atoms with Crippen LogP contribution in [0.2, 0.25) is 0 Å². The number of methoxy groups -OCH3 is 1. The third-order valence-electron chi connectivity index (χ3n) is 3.80. The summed E-state index contributed by atoms with van der Waals surface area (Å²) in [4.78, 5) is 11.7. The highest BCUT2D eigenvalue weighted by molar-refractivity contribution is 5.84. The molecule has 0 spiro atoms. The molecule has 1 atom stereocenters. The van der Waals surface area contributed by atoms with Crippen molar-refractivity contribution in [3.8, 4) is 0 Å². The Kier molecular flexibility index (Phi) is 3.60. The number of carbonyl (C=O) groups excluding carboxylic acids is 1. The minimum atomic E-state index is -0.232. The lowest BCUT2D eigenvalue weighted by molar-refractivity contribution is -0.141. The first-order chi connectivity index (χ1) is 10.2. The van der Waals surface area contributed by atoms with E-state index in [4.69, 9.17) is 4.74 Å². The number of fused-ring (bicyclic) bond motifs is 1. The Labute approximate surface area is 122 Å². The van der Waals surface area contributed by atoms with Crippen molar-refractivity contribution in [3.05, 3.63) is 65.0 Å². The largest absolute Gasteiger partial charge is 0.468 e. The Bertz CT molecular complexity index is 667. The summed E-state index contributed by atoms with van der Waals surface area (Å²) in [7, 11) is 1.41. The first kappa shape index (κ1) is 13.6. The molecule has 0 saturated carbocycles. The lowest BCUT2D eigenvalue weighted by Crippen LogP contribution is -2.15. The minimum absolute atomic E-state index is 0.215. The first-order valence-corrected chi connectivity index (χ1v) is 6.86. The molecule has 21 heavy (non-hydrogen) atoms. The van der Waals surface area contributed by atoms with E-state index in [1.165, 1.54) is 19.2 Å². The SMILES string of the molecule is COC(=O)C1CNc2cc(Cc3ccc(F)cc3)ccc21. The molecule has 0 aliphatic carbocycles. The van der Waals surface area contributed by atoms with Gasteiger partial charge in [0.05, 0.1) is 7.11 Å². The highest BCUT2D eigenvalue weighted by Gasteiger charge is 2.29. The Morgan fingerprint density at radius 2 is 1.95 bits per heavy atom. The Hall–Kier alpha value is -2.36. The monoisotopic (exact) mass is 285 g/mol. The number of hydrogen-bond donors (Lipinski definition) is 1. The van der Waals surface area contributed by atoms with E-state index in [-0.39, 0.29) is 17.7 Å². The second-order valence-electron chi connectivity index (χ2n) is 5.18. The second-order valence-corrected chi connectivity index (χ2v) is 5.18. The van der Waals surface area contributed by atoms with Gasteiger partial charge in [-0.15, -0.1) is 0 Å². The molecule has 3 nitrogen and oxygen atoms in total. The van der Waals surface area contributed by atoms with Crippen molar-refractivity contribution in [2.75, 3.05) is 19.0 Å². The topological polar surface area (TPSA) is 38.3 Å².